The van der Waals surface area contributed by atoms with Crippen LogP contribution in [0.3, 0.4) is 0 Å². The number of aromatic carboxylic acids is 1. The smallest absolute Gasteiger partial charge is 0.337 e. The number of sulfone groups is 1. The van der Waals surface area contributed by atoms with Crippen LogP contribution in [0.15, 0.2) is 28.5 Å². The highest BCUT2D eigenvalue weighted by Crippen LogP contribution is 2.24. The van der Waals surface area contributed by atoms with Gasteiger partial charge in [0.1, 0.15) is 10.8 Å². The third kappa shape index (κ3) is 3.17. The van der Waals surface area contributed by atoms with Crippen molar-refractivity contribution in [3.05, 3.63) is 44.9 Å². The summed E-state index contributed by atoms with van der Waals surface area (Å²) in [6.45, 7) is 1.78. The van der Waals surface area contributed by atoms with Crippen molar-refractivity contribution in [1.29, 1.82) is 0 Å². The van der Waals surface area contributed by atoms with Gasteiger partial charge in [-0.05, 0) is 25.1 Å². The summed E-state index contributed by atoms with van der Waals surface area (Å²) < 4.78 is 24.5. The number of carboxylic acid groups (broad SMARTS) is 1. The third-order valence-corrected chi connectivity index (χ3v) is 5.61. The summed E-state index contributed by atoms with van der Waals surface area (Å²) in [5.74, 6) is -1.52. The van der Waals surface area contributed by atoms with Crippen LogP contribution in [0.2, 0.25) is 5.02 Å². The lowest BCUT2D eigenvalue weighted by atomic mass is 10.2. The summed E-state index contributed by atoms with van der Waals surface area (Å²) in [6, 6.07) is 3.63. The largest absolute Gasteiger partial charge is 0.478 e. The second-order valence-electron chi connectivity index (χ2n) is 4.09. The summed E-state index contributed by atoms with van der Waals surface area (Å²) in [4.78, 5) is 15.0. The Hall–Kier alpha value is -1.44. The molecule has 1 aromatic heterocycles. The summed E-state index contributed by atoms with van der Waals surface area (Å²) in [5.41, 5.74) is 0.519. The molecular weight excluding hydrogens is 322 g/mol. The lowest BCUT2D eigenvalue weighted by Gasteiger charge is -2.05. The van der Waals surface area contributed by atoms with Gasteiger partial charge in [-0.3, -0.25) is 0 Å². The van der Waals surface area contributed by atoms with Crippen LogP contribution in [0.1, 0.15) is 21.1 Å². The normalized spacial score (nSPS) is 11.5. The van der Waals surface area contributed by atoms with E-state index < -0.39 is 15.8 Å². The van der Waals surface area contributed by atoms with Crippen molar-refractivity contribution in [2.75, 3.05) is 0 Å². The van der Waals surface area contributed by atoms with Crippen LogP contribution in [0, 0.1) is 6.92 Å². The highest BCUT2D eigenvalue weighted by atomic mass is 35.5. The van der Waals surface area contributed by atoms with Gasteiger partial charge in [-0.2, -0.15) is 0 Å². The highest BCUT2D eigenvalue weighted by molar-refractivity contribution is 7.90. The molecule has 106 valence electrons. The number of nitrogens with zero attached hydrogens (tertiary/aromatic N) is 1. The predicted molar refractivity (Wildman–Crippen MR) is 76.2 cm³/mol. The molecule has 2 aromatic rings. The Kier molecular flexibility index (Phi) is 4.12. The molecule has 0 fully saturated rings. The van der Waals surface area contributed by atoms with Crippen LogP contribution < -0.4 is 0 Å². The molecule has 0 radical (unpaired) electrons. The van der Waals surface area contributed by atoms with Gasteiger partial charge in [-0.25, -0.2) is 18.2 Å². The number of hydrogen-bond donors (Lipinski definition) is 1. The zero-order chi connectivity index (χ0) is 14.9. The number of carboxylic acids is 1. The number of rotatable bonds is 4. The first-order valence-electron chi connectivity index (χ1n) is 5.46. The van der Waals surface area contributed by atoms with Crippen LogP contribution in [0.4, 0.5) is 0 Å². The van der Waals surface area contributed by atoms with Crippen molar-refractivity contribution in [1.82, 2.24) is 4.98 Å². The monoisotopic (exact) mass is 331 g/mol. The Morgan fingerprint density at radius 1 is 1.45 bits per heavy atom. The minimum atomic E-state index is -3.65. The molecule has 1 aromatic carbocycles. The van der Waals surface area contributed by atoms with Crippen molar-refractivity contribution in [3.8, 4) is 0 Å². The number of carbonyl (C=O) groups is 1. The van der Waals surface area contributed by atoms with Crippen LogP contribution >= 0.6 is 22.9 Å². The van der Waals surface area contributed by atoms with Gasteiger partial charge in [0.25, 0.3) is 0 Å². The molecule has 8 heteroatoms. The molecule has 0 saturated heterocycles. The van der Waals surface area contributed by atoms with Gasteiger partial charge in [0.05, 0.1) is 15.5 Å². The fourth-order valence-electron chi connectivity index (χ4n) is 1.58. The van der Waals surface area contributed by atoms with Crippen molar-refractivity contribution in [3.63, 3.8) is 0 Å². The molecule has 2 rings (SSSR count). The standard InChI is InChI=1S/C12H10ClNO4S2/c1-7-5-19-11(14-7)6-20(17,18)8-2-3-10(13)9(4-8)12(15)16/h2-5H,6H2,1H3,(H,15,16). The van der Waals surface area contributed by atoms with Gasteiger partial charge < -0.3 is 5.11 Å². The van der Waals surface area contributed by atoms with Gasteiger partial charge in [0.15, 0.2) is 9.84 Å². The van der Waals surface area contributed by atoms with Crippen LogP contribution in [0.5, 0.6) is 0 Å². The molecule has 0 aliphatic rings. The quantitative estimate of drug-likeness (QED) is 0.931. The summed E-state index contributed by atoms with van der Waals surface area (Å²) in [6.07, 6.45) is 0. The van der Waals surface area contributed by atoms with Gasteiger partial charge in [0.2, 0.25) is 0 Å². The van der Waals surface area contributed by atoms with E-state index in [4.69, 9.17) is 16.7 Å². The molecule has 0 bridgehead atoms. The first-order valence-corrected chi connectivity index (χ1v) is 8.37. The molecule has 1 heterocycles. The molecule has 0 aliphatic carbocycles. The van der Waals surface area contributed by atoms with Crippen molar-refractivity contribution in [2.45, 2.75) is 17.6 Å². The highest BCUT2D eigenvalue weighted by Gasteiger charge is 2.20. The minimum Gasteiger partial charge on any atom is -0.478 e. The molecule has 0 aliphatic heterocycles. The fourth-order valence-corrected chi connectivity index (χ4v) is 4.20. The van der Waals surface area contributed by atoms with Gasteiger partial charge >= 0.3 is 5.97 Å². The lowest BCUT2D eigenvalue weighted by molar-refractivity contribution is 0.0697. The zero-order valence-electron chi connectivity index (χ0n) is 10.3. The number of hydrogen-bond acceptors (Lipinski definition) is 5. The summed E-state index contributed by atoms with van der Waals surface area (Å²) in [5, 5.41) is 11.2. The van der Waals surface area contributed by atoms with E-state index >= 15 is 0 Å². The molecule has 0 amide bonds. The van der Waals surface area contributed by atoms with Crippen molar-refractivity contribution < 1.29 is 18.3 Å². The van der Waals surface area contributed by atoms with Crippen LogP contribution in [-0.2, 0) is 15.6 Å². The Bertz CT molecular complexity index is 768. The molecule has 0 unspecified atom stereocenters. The Morgan fingerprint density at radius 3 is 2.70 bits per heavy atom. The Balaban J connectivity index is 2.39. The SMILES string of the molecule is Cc1csc(CS(=O)(=O)c2ccc(Cl)c(C(=O)O)c2)n1. The third-order valence-electron chi connectivity index (χ3n) is 2.51. The van der Waals surface area contributed by atoms with Crippen molar-refractivity contribution >= 4 is 38.7 Å². The Labute approximate surface area is 124 Å². The Morgan fingerprint density at radius 2 is 2.15 bits per heavy atom. The maximum absolute atomic E-state index is 12.2. The van der Waals surface area contributed by atoms with E-state index in [-0.39, 0.29) is 21.2 Å². The zero-order valence-corrected chi connectivity index (χ0v) is 12.7. The van der Waals surface area contributed by atoms with E-state index in [1.54, 1.807) is 12.3 Å². The molecule has 0 saturated carbocycles. The molecule has 0 spiro atoms. The summed E-state index contributed by atoms with van der Waals surface area (Å²) >= 11 is 6.97. The summed E-state index contributed by atoms with van der Waals surface area (Å²) in [7, 11) is -3.65. The lowest BCUT2D eigenvalue weighted by Crippen LogP contribution is -2.07. The van der Waals surface area contributed by atoms with Crippen molar-refractivity contribution in [2.24, 2.45) is 0 Å². The first-order chi connectivity index (χ1) is 9.29. The average Bonchev–Trinajstić information content (AvgIpc) is 2.73. The molecular formula is C12H10ClNO4S2. The number of thiazole rings is 1. The van der Waals surface area contributed by atoms with E-state index in [0.717, 1.165) is 11.8 Å². The number of aryl methyl sites for hydroxylation is 1. The second kappa shape index (κ2) is 5.51. The van der Waals surface area contributed by atoms with E-state index in [1.807, 2.05) is 0 Å². The molecule has 5 nitrogen and oxygen atoms in total. The van der Waals surface area contributed by atoms with E-state index in [1.165, 1.54) is 23.5 Å². The molecule has 0 atom stereocenters. The van der Waals surface area contributed by atoms with E-state index in [0.29, 0.717) is 5.01 Å². The number of benzene rings is 1. The van der Waals surface area contributed by atoms with Crippen LogP contribution in [-0.4, -0.2) is 24.5 Å². The maximum atomic E-state index is 12.2. The van der Waals surface area contributed by atoms with E-state index in [2.05, 4.69) is 4.98 Å². The number of halogens is 1. The number of aromatic nitrogens is 1. The van der Waals surface area contributed by atoms with Gasteiger partial charge in [0, 0.05) is 11.1 Å². The van der Waals surface area contributed by atoms with Gasteiger partial charge in [-0.1, -0.05) is 11.6 Å². The fraction of sp³-hybridized carbons (Fsp3) is 0.167. The average molecular weight is 332 g/mol. The second-order valence-corrected chi connectivity index (χ2v) is 7.43. The predicted octanol–water partition coefficient (Wildman–Crippen LogP) is 2.78. The maximum Gasteiger partial charge on any atom is 0.337 e. The first kappa shape index (κ1) is 15.0. The van der Waals surface area contributed by atoms with E-state index in [9.17, 15) is 13.2 Å². The van der Waals surface area contributed by atoms with Crippen LogP contribution in [0.25, 0.3) is 0 Å². The molecule has 1 N–H and O–H groups in total. The molecule has 20 heavy (non-hydrogen) atoms. The topological polar surface area (TPSA) is 84.3 Å². The van der Waals surface area contributed by atoms with Gasteiger partial charge in [-0.15, -0.1) is 11.3 Å². The minimum absolute atomic E-state index is 0.00143.